The van der Waals surface area contributed by atoms with Crippen LogP contribution in [0.3, 0.4) is 0 Å². The van der Waals surface area contributed by atoms with E-state index in [-0.39, 0.29) is 23.4 Å². The van der Waals surface area contributed by atoms with Crippen LogP contribution in [-0.2, 0) is 14.3 Å². The van der Waals surface area contributed by atoms with Crippen LogP contribution in [0.2, 0.25) is 0 Å². The zero-order chi connectivity index (χ0) is 17.5. The molecule has 132 valence electrons. The molecule has 2 aliphatic heterocycles. The van der Waals surface area contributed by atoms with Gasteiger partial charge in [-0.2, -0.15) is 0 Å². The molecule has 0 aromatic rings. The number of esters is 1. The zero-order valence-corrected chi connectivity index (χ0v) is 14.9. The largest absolute Gasteiger partial charge is 0.461 e. The molecule has 2 heterocycles. The lowest BCUT2D eigenvalue weighted by Gasteiger charge is -2.34. The van der Waals surface area contributed by atoms with E-state index < -0.39 is 5.60 Å². The van der Waals surface area contributed by atoms with E-state index in [0.29, 0.717) is 12.7 Å². The van der Waals surface area contributed by atoms with Crippen LogP contribution < -0.4 is 0 Å². The number of carbonyl (C=O) groups is 1. The summed E-state index contributed by atoms with van der Waals surface area (Å²) in [6, 6.07) is 0. The van der Waals surface area contributed by atoms with Crippen LogP contribution in [0, 0.1) is 11.8 Å². The number of cyclic esters (lactones) is 1. The van der Waals surface area contributed by atoms with Crippen LogP contribution in [0.1, 0.15) is 46.5 Å². The summed E-state index contributed by atoms with van der Waals surface area (Å²) in [6.45, 7) is 10.1. The molecule has 3 rings (SSSR count). The molecule has 0 radical (unpaired) electrons. The average molecular weight is 332 g/mol. The van der Waals surface area contributed by atoms with Gasteiger partial charge in [-0.05, 0) is 52.0 Å². The van der Waals surface area contributed by atoms with Crippen molar-refractivity contribution < 1.29 is 19.4 Å². The highest BCUT2D eigenvalue weighted by Crippen LogP contribution is 2.49. The second-order valence-corrected chi connectivity index (χ2v) is 8.10. The van der Waals surface area contributed by atoms with Crippen LogP contribution in [0.15, 0.2) is 36.0 Å². The minimum absolute atomic E-state index is 0.0371. The van der Waals surface area contributed by atoms with Gasteiger partial charge in [0.05, 0.1) is 23.2 Å². The number of hydrogen-bond donors (Lipinski definition) is 1. The third-order valence-corrected chi connectivity index (χ3v) is 5.48. The summed E-state index contributed by atoms with van der Waals surface area (Å²) >= 11 is 0. The van der Waals surface area contributed by atoms with E-state index in [1.807, 2.05) is 12.2 Å². The Morgan fingerprint density at radius 1 is 1.38 bits per heavy atom. The number of hydrogen-bond acceptors (Lipinski definition) is 4. The Hall–Kier alpha value is -1.39. The number of carbonyl (C=O) groups excluding carboxylic acids is 1. The average Bonchev–Trinajstić information content (AvgIpc) is 3.12. The van der Waals surface area contributed by atoms with Crippen molar-refractivity contribution in [2.24, 2.45) is 11.8 Å². The van der Waals surface area contributed by atoms with Crippen LogP contribution in [-0.4, -0.2) is 35.0 Å². The molecule has 1 saturated carbocycles. The summed E-state index contributed by atoms with van der Waals surface area (Å²) in [5, 5.41) is 9.83. The van der Waals surface area contributed by atoms with Gasteiger partial charge < -0.3 is 14.6 Å². The van der Waals surface area contributed by atoms with Crippen molar-refractivity contribution in [1.82, 2.24) is 0 Å². The lowest BCUT2D eigenvalue weighted by molar-refractivity contribution is -0.151. The molecule has 2 saturated heterocycles. The first-order chi connectivity index (χ1) is 11.2. The van der Waals surface area contributed by atoms with Gasteiger partial charge in [0.1, 0.15) is 6.61 Å². The first-order valence-electron chi connectivity index (χ1n) is 8.82. The Kier molecular flexibility index (Phi) is 4.47. The molecule has 4 atom stereocenters. The lowest BCUT2D eigenvalue weighted by Crippen LogP contribution is -2.36. The highest BCUT2D eigenvalue weighted by atomic mass is 16.6. The van der Waals surface area contributed by atoms with Gasteiger partial charge in [-0.25, -0.2) is 0 Å². The molecule has 0 aromatic heterocycles. The second kappa shape index (κ2) is 6.16. The molecule has 24 heavy (non-hydrogen) atoms. The Labute approximate surface area is 144 Å². The predicted molar refractivity (Wildman–Crippen MR) is 92.3 cm³/mol. The summed E-state index contributed by atoms with van der Waals surface area (Å²) in [6.07, 6.45) is 9.48. The summed E-state index contributed by atoms with van der Waals surface area (Å²) in [5.41, 5.74) is 1.17. The highest BCUT2D eigenvalue weighted by Gasteiger charge is 2.53. The molecule has 0 aromatic carbocycles. The van der Waals surface area contributed by atoms with Gasteiger partial charge in [-0.15, -0.1) is 0 Å². The van der Waals surface area contributed by atoms with Crippen LogP contribution in [0.4, 0.5) is 0 Å². The van der Waals surface area contributed by atoms with Crippen molar-refractivity contribution >= 4 is 5.97 Å². The number of epoxide rings is 1. The van der Waals surface area contributed by atoms with E-state index in [4.69, 9.17) is 9.47 Å². The normalized spacial score (nSPS) is 38.8. The second-order valence-electron chi connectivity index (χ2n) is 8.10. The Morgan fingerprint density at radius 3 is 2.83 bits per heavy atom. The van der Waals surface area contributed by atoms with Crippen molar-refractivity contribution in [2.45, 2.75) is 63.8 Å². The summed E-state index contributed by atoms with van der Waals surface area (Å²) in [7, 11) is 0. The molecule has 0 bridgehead atoms. The van der Waals surface area contributed by atoms with Gasteiger partial charge in [0.2, 0.25) is 0 Å². The number of ether oxygens (including phenoxy) is 2. The summed E-state index contributed by atoms with van der Waals surface area (Å²) in [4.78, 5) is 12.4. The van der Waals surface area contributed by atoms with E-state index in [9.17, 15) is 9.90 Å². The third kappa shape index (κ3) is 3.65. The Bertz CT molecular complexity index is 595. The van der Waals surface area contributed by atoms with Crippen LogP contribution in [0.5, 0.6) is 0 Å². The first kappa shape index (κ1) is 17.4. The third-order valence-electron chi connectivity index (χ3n) is 5.48. The maximum absolute atomic E-state index is 12.4. The standard InChI is InChI=1S/C20H28O4/c1-13-7-8-16-20(4,24-16)11-9-15-14(6-5-10-19(2,3)22)12-23-18(21)17(13)15/h5-6,10,15-17,22H,1,7-9,11-12H2,2-4H3/b10-5+,14-6-/t15-,16+,17+,20+/m1/s1. The summed E-state index contributed by atoms with van der Waals surface area (Å²) < 4.78 is 11.3. The molecule has 3 fully saturated rings. The molecule has 0 spiro atoms. The minimum atomic E-state index is -0.855. The molecule has 1 N–H and O–H groups in total. The molecule has 0 unspecified atom stereocenters. The zero-order valence-electron chi connectivity index (χ0n) is 14.9. The van der Waals surface area contributed by atoms with E-state index in [2.05, 4.69) is 13.5 Å². The van der Waals surface area contributed by atoms with Crippen molar-refractivity contribution in [3.8, 4) is 0 Å². The summed E-state index contributed by atoms with van der Waals surface area (Å²) in [5.74, 6) is -0.276. The van der Waals surface area contributed by atoms with Gasteiger partial charge in [-0.3, -0.25) is 4.79 Å². The SMILES string of the molecule is C=C1CC[C@@H]2O[C@@]2(C)CC[C@@H]2/C(=C\C=C\C(C)(C)O)COC(=O)[C@@H]12. The Balaban J connectivity index is 1.85. The number of allylic oxidation sites excluding steroid dienone is 2. The molecule has 3 aliphatic rings. The Morgan fingerprint density at radius 2 is 2.12 bits per heavy atom. The maximum atomic E-state index is 12.4. The quantitative estimate of drug-likeness (QED) is 0.479. The minimum Gasteiger partial charge on any atom is -0.461 e. The number of fused-ring (bicyclic) bond motifs is 2. The van der Waals surface area contributed by atoms with Gasteiger partial charge in [-0.1, -0.05) is 30.4 Å². The van der Waals surface area contributed by atoms with Gasteiger partial charge >= 0.3 is 5.97 Å². The van der Waals surface area contributed by atoms with E-state index >= 15 is 0 Å². The van der Waals surface area contributed by atoms with Crippen LogP contribution >= 0.6 is 0 Å². The predicted octanol–water partition coefficient (Wildman–Crippen LogP) is 3.32. The molecular weight excluding hydrogens is 304 g/mol. The van der Waals surface area contributed by atoms with Crippen molar-refractivity contribution in [2.75, 3.05) is 6.61 Å². The van der Waals surface area contributed by atoms with E-state index in [1.165, 1.54) is 0 Å². The van der Waals surface area contributed by atoms with E-state index in [1.54, 1.807) is 19.9 Å². The van der Waals surface area contributed by atoms with Crippen molar-refractivity contribution in [1.29, 1.82) is 0 Å². The smallest absolute Gasteiger partial charge is 0.313 e. The van der Waals surface area contributed by atoms with Crippen LogP contribution in [0.25, 0.3) is 0 Å². The van der Waals surface area contributed by atoms with Crippen molar-refractivity contribution in [3.63, 3.8) is 0 Å². The van der Waals surface area contributed by atoms with E-state index in [0.717, 1.165) is 36.8 Å². The fourth-order valence-electron chi connectivity index (χ4n) is 3.90. The maximum Gasteiger partial charge on any atom is 0.313 e. The van der Waals surface area contributed by atoms with Gasteiger partial charge in [0, 0.05) is 5.92 Å². The molecule has 1 aliphatic carbocycles. The number of aliphatic hydroxyl groups is 1. The molecule has 4 heteroatoms. The fourth-order valence-corrected chi connectivity index (χ4v) is 3.90. The number of rotatable bonds is 2. The fraction of sp³-hybridized carbons (Fsp3) is 0.650. The highest BCUT2D eigenvalue weighted by molar-refractivity contribution is 5.78. The van der Waals surface area contributed by atoms with Gasteiger partial charge in [0.15, 0.2) is 0 Å². The monoisotopic (exact) mass is 332 g/mol. The topological polar surface area (TPSA) is 59.1 Å². The molecule has 4 nitrogen and oxygen atoms in total. The van der Waals surface area contributed by atoms with Crippen molar-refractivity contribution in [3.05, 3.63) is 36.0 Å². The van der Waals surface area contributed by atoms with Gasteiger partial charge in [0.25, 0.3) is 0 Å². The first-order valence-corrected chi connectivity index (χ1v) is 8.82. The molecular formula is C20H28O4. The molecule has 0 amide bonds. The lowest BCUT2D eigenvalue weighted by atomic mass is 9.76.